The van der Waals surface area contributed by atoms with E-state index >= 15 is 0 Å². The highest BCUT2D eigenvalue weighted by atomic mass is 79.9. The lowest BCUT2D eigenvalue weighted by molar-refractivity contribution is 0.404. The number of allylic oxidation sites excluding steroid dienone is 2. The Hall–Kier alpha value is -0.960. The van der Waals surface area contributed by atoms with Gasteiger partial charge in [-0.1, -0.05) is 41.2 Å². The minimum absolute atomic E-state index is 0.388. The predicted octanol–water partition coefficient (Wildman–Crippen LogP) is 4.84. The maximum absolute atomic E-state index is 13.3. The second kappa shape index (κ2) is 5.21. The van der Waals surface area contributed by atoms with Crippen LogP contribution in [0.2, 0.25) is 0 Å². The fraction of sp³-hybridized carbons (Fsp3) is 0.167. The molecule has 0 spiro atoms. The zero-order valence-electron chi connectivity index (χ0n) is 8.09. The molecular formula is C12H11BrF2. The van der Waals surface area contributed by atoms with E-state index in [9.17, 15) is 8.78 Å². The van der Waals surface area contributed by atoms with Crippen molar-refractivity contribution in [1.29, 1.82) is 0 Å². The summed E-state index contributed by atoms with van der Waals surface area (Å²) in [4.78, 5) is 0. The van der Waals surface area contributed by atoms with E-state index in [1.165, 1.54) is 18.2 Å². The fourth-order valence-corrected chi connectivity index (χ4v) is 1.76. The average molecular weight is 273 g/mol. The van der Waals surface area contributed by atoms with Crippen molar-refractivity contribution in [3.8, 4) is 0 Å². The Balaban J connectivity index is 3.15. The molecular weight excluding hydrogens is 262 g/mol. The summed E-state index contributed by atoms with van der Waals surface area (Å²) in [6, 6.07) is 4.68. The van der Waals surface area contributed by atoms with Gasteiger partial charge in [0.15, 0.2) is 0 Å². The highest BCUT2D eigenvalue weighted by Gasteiger charge is 2.11. The molecule has 0 aromatic heterocycles. The topological polar surface area (TPSA) is 0 Å². The van der Waals surface area contributed by atoms with E-state index in [1.54, 1.807) is 12.1 Å². The number of benzene rings is 1. The van der Waals surface area contributed by atoms with Crippen molar-refractivity contribution in [3.05, 3.63) is 59.1 Å². The number of rotatable bonds is 4. The van der Waals surface area contributed by atoms with Crippen LogP contribution < -0.4 is 0 Å². The van der Waals surface area contributed by atoms with E-state index < -0.39 is 12.3 Å². The van der Waals surface area contributed by atoms with Crippen molar-refractivity contribution < 1.29 is 8.78 Å². The summed E-state index contributed by atoms with van der Waals surface area (Å²) in [5.41, 5.74) is 0.776. The first-order valence-corrected chi connectivity index (χ1v) is 5.21. The zero-order chi connectivity index (χ0) is 11.4. The van der Waals surface area contributed by atoms with Gasteiger partial charge in [-0.3, -0.25) is 0 Å². The van der Waals surface area contributed by atoms with Gasteiger partial charge in [-0.05, 0) is 29.3 Å². The Bertz CT molecular complexity index is 342. The molecule has 0 bridgehead atoms. The molecule has 0 N–H and O–H groups in total. The van der Waals surface area contributed by atoms with Crippen LogP contribution in [0.3, 0.4) is 0 Å². The molecule has 0 saturated carbocycles. The van der Waals surface area contributed by atoms with Gasteiger partial charge in [0.05, 0.1) is 0 Å². The van der Waals surface area contributed by atoms with Gasteiger partial charge in [-0.15, -0.1) is 0 Å². The first kappa shape index (κ1) is 12.1. The highest BCUT2D eigenvalue weighted by Crippen LogP contribution is 2.28. The van der Waals surface area contributed by atoms with Crippen molar-refractivity contribution in [2.24, 2.45) is 0 Å². The maximum atomic E-state index is 13.3. The Kier molecular flexibility index (Phi) is 4.21. The number of hydrogen-bond donors (Lipinski definition) is 0. The van der Waals surface area contributed by atoms with Gasteiger partial charge in [0.25, 0.3) is 0 Å². The first-order chi connectivity index (χ1) is 7.08. The van der Waals surface area contributed by atoms with Crippen LogP contribution in [-0.2, 0) is 0 Å². The molecule has 80 valence electrons. The third-order valence-corrected chi connectivity index (χ3v) is 2.45. The summed E-state index contributed by atoms with van der Waals surface area (Å²) in [5.74, 6) is 0. The Morgan fingerprint density at radius 3 is 1.73 bits per heavy atom. The molecule has 0 radical (unpaired) electrons. The molecule has 0 amide bonds. The molecule has 0 nitrogen and oxygen atoms in total. The van der Waals surface area contributed by atoms with E-state index in [0.717, 1.165) is 0 Å². The molecule has 0 fully saturated rings. The summed E-state index contributed by atoms with van der Waals surface area (Å²) in [6.07, 6.45) is -0.212. The molecule has 0 aliphatic carbocycles. The van der Waals surface area contributed by atoms with Crippen molar-refractivity contribution in [2.45, 2.75) is 12.3 Å². The van der Waals surface area contributed by atoms with E-state index in [-0.39, 0.29) is 0 Å². The first-order valence-electron chi connectivity index (χ1n) is 4.42. The largest absolute Gasteiger partial charge is 0.238 e. The van der Waals surface area contributed by atoms with Crippen LogP contribution >= 0.6 is 15.9 Å². The standard InChI is InChI=1S/C12H11BrF2/c1-3-11(14)8-5-9(12(15)4-2)7-10(13)6-8/h3-7,11-12H,1-2H2. The Morgan fingerprint density at radius 1 is 1.00 bits per heavy atom. The summed E-state index contributed by atoms with van der Waals surface area (Å²) < 4.78 is 27.3. The summed E-state index contributed by atoms with van der Waals surface area (Å²) in [7, 11) is 0. The molecule has 1 aromatic rings. The van der Waals surface area contributed by atoms with E-state index in [1.807, 2.05) is 0 Å². The predicted molar refractivity (Wildman–Crippen MR) is 62.2 cm³/mol. The van der Waals surface area contributed by atoms with E-state index in [4.69, 9.17) is 0 Å². The Morgan fingerprint density at radius 2 is 1.40 bits per heavy atom. The molecule has 2 atom stereocenters. The molecule has 1 aromatic carbocycles. The second-order valence-electron chi connectivity index (χ2n) is 3.09. The normalized spacial score (nSPS) is 14.3. The van der Waals surface area contributed by atoms with Gasteiger partial charge >= 0.3 is 0 Å². The molecule has 2 unspecified atom stereocenters. The van der Waals surface area contributed by atoms with Crippen molar-refractivity contribution in [2.75, 3.05) is 0 Å². The number of alkyl halides is 2. The quantitative estimate of drug-likeness (QED) is 0.688. The lowest BCUT2D eigenvalue weighted by atomic mass is 10.0. The summed E-state index contributed by atoms with van der Waals surface area (Å²) >= 11 is 3.21. The Labute approximate surface area is 96.4 Å². The van der Waals surface area contributed by atoms with Gasteiger partial charge in [0, 0.05) is 4.47 Å². The van der Waals surface area contributed by atoms with Crippen LogP contribution in [0, 0.1) is 0 Å². The van der Waals surface area contributed by atoms with Crippen LogP contribution in [0.5, 0.6) is 0 Å². The molecule has 0 aliphatic heterocycles. The van der Waals surface area contributed by atoms with E-state index in [2.05, 4.69) is 29.1 Å². The average Bonchev–Trinajstić information content (AvgIpc) is 2.26. The van der Waals surface area contributed by atoms with Crippen LogP contribution in [-0.4, -0.2) is 0 Å². The molecule has 0 saturated heterocycles. The van der Waals surface area contributed by atoms with Crippen LogP contribution in [0.25, 0.3) is 0 Å². The minimum atomic E-state index is -1.28. The zero-order valence-corrected chi connectivity index (χ0v) is 9.68. The minimum Gasteiger partial charge on any atom is -0.238 e. The number of hydrogen-bond acceptors (Lipinski definition) is 0. The SMILES string of the molecule is C=CC(F)c1cc(Br)cc(C(F)C=C)c1. The maximum Gasteiger partial charge on any atom is 0.143 e. The molecule has 15 heavy (non-hydrogen) atoms. The van der Waals surface area contributed by atoms with E-state index in [0.29, 0.717) is 15.6 Å². The second-order valence-corrected chi connectivity index (χ2v) is 4.01. The van der Waals surface area contributed by atoms with Crippen LogP contribution in [0.4, 0.5) is 8.78 Å². The molecule has 3 heteroatoms. The monoisotopic (exact) mass is 272 g/mol. The summed E-state index contributed by atoms with van der Waals surface area (Å²) in [6.45, 7) is 6.71. The van der Waals surface area contributed by atoms with Gasteiger partial charge in [-0.25, -0.2) is 8.78 Å². The highest BCUT2D eigenvalue weighted by molar-refractivity contribution is 9.10. The number of halogens is 3. The van der Waals surface area contributed by atoms with Gasteiger partial charge in [0.2, 0.25) is 0 Å². The van der Waals surface area contributed by atoms with Crippen molar-refractivity contribution in [3.63, 3.8) is 0 Å². The lowest BCUT2D eigenvalue weighted by Gasteiger charge is -2.09. The lowest BCUT2D eigenvalue weighted by Crippen LogP contribution is -1.93. The van der Waals surface area contributed by atoms with Crippen molar-refractivity contribution >= 4 is 15.9 Å². The van der Waals surface area contributed by atoms with Crippen LogP contribution in [0.1, 0.15) is 23.5 Å². The molecule has 1 rings (SSSR count). The summed E-state index contributed by atoms with van der Waals surface area (Å²) in [5, 5.41) is 0. The van der Waals surface area contributed by atoms with Gasteiger partial charge in [0.1, 0.15) is 12.3 Å². The molecule has 0 aliphatic rings. The van der Waals surface area contributed by atoms with Gasteiger partial charge < -0.3 is 0 Å². The smallest absolute Gasteiger partial charge is 0.143 e. The van der Waals surface area contributed by atoms with Crippen LogP contribution in [0.15, 0.2) is 48.0 Å². The third-order valence-electron chi connectivity index (χ3n) is 1.99. The third kappa shape index (κ3) is 2.99. The van der Waals surface area contributed by atoms with Gasteiger partial charge in [-0.2, -0.15) is 0 Å². The fourth-order valence-electron chi connectivity index (χ4n) is 1.23. The molecule has 0 heterocycles. The van der Waals surface area contributed by atoms with Crippen molar-refractivity contribution in [1.82, 2.24) is 0 Å².